The average molecular weight is 478 g/mol. The standard InChI is InChI=1S/C26H31N5O2S/c1-19(2)9-13-31-25(33)30(17-20-6-5-12-27-16-20)24(32)26(31)10-14-29(15-11-26)18-23-28-21-7-3-4-8-22(21)34-23/h3-8,12,16,19H,9-11,13-15,17-18H2,1-2H3. The number of amides is 3. The van der Waals surface area contributed by atoms with Gasteiger partial charge >= 0.3 is 6.03 Å². The van der Waals surface area contributed by atoms with E-state index in [1.54, 1.807) is 23.7 Å². The topological polar surface area (TPSA) is 69.6 Å². The summed E-state index contributed by atoms with van der Waals surface area (Å²) in [5.41, 5.74) is 1.18. The molecule has 0 aliphatic carbocycles. The van der Waals surface area contributed by atoms with E-state index in [0.717, 1.165) is 42.1 Å². The Morgan fingerprint density at radius 2 is 1.85 bits per heavy atom. The van der Waals surface area contributed by atoms with Crippen LogP contribution in [0.3, 0.4) is 0 Å². The number of rotatable bonds is 7. The maximum absolute atomic E-state index is 13.7. The fraction of sp³-hybridized carbons (Fsp3) is 0.462. The molecule has 4 heterocycles. The zero-order chi connectivity index (χ0) is 23.7. The van der Waals surface area contributed by atoms with Gasteiger partial charge < -0.3 is 4.90 Å². The molecule has 3 aromatic rings. The second-order valence-electron chi connectivity index (χ2n) is 9.75. The van der Waals surface area contributed by atoms with Crippen LogP contribution in [0.15, 0.2) is 48.8 Å². The number of hydrogen-bond acceptors (Lipinski definition) is 6. The van der Waals surface area contributed by atoms with Crippen LogP contribution in [0.4, 0.5) is 4.79 Å². The first-order valence-electron chi connectivity index (χ1n) is 12.1. The smallest absolute Gasteiger partial charge is 0.309 e. The molecule has 178 valence electrons. The number of benzene rings is 1. The number of hydrogen-bond donors (Lipinski definition) is 0. The predicted octanol–water partition coefficient (Wildman–Crippen LogP) is 4.54. The van der Waals surface area contributed by atoms with Gasteiger partial charge in [-0.3, -0.25) is 19.6 Å². The summed E-state index contributed by atoms with van der Waals surface area (Å²) < 4.78 is 1.20. The molecule has 2 aliphatic rings. The Hall–Kier alpha value is -2.84. The minimum absolute atomic E-state index is 0.0512. The van der Waals surface area contributed by atoms with Crippen LogP contribution < -0.4 is 0 Å². The first-order valence-corrected chi connectivity index (χ1v) is 12.9. The zero-order valence-electron chi connectivity index (χ0n) is 19.8. The van der Waals surface area contributed by atoms with E-state index < -0.39 is 5.54 Å². The molecule has 0 atom stereocenters. The van der Waals surface area contributed by atoms with E-state index in [-0.39, 0.29) is 18.5 Å². The Bertz CT molecular complexity index is 1140. The molecule has 8 heteroatoms. The van der Waals surface area contributed by atoms with Crippen molar-refractivity contribution in [2.75, 3.05) is 19.6 Å². The quantitative estimate of drug-likeness (QED) is 0.468. The van der Waals surface area contributed by atoms with E-state index in [9.17, 15) is 9.59 Å². The SMILES string of the molecule is CC(C)CCN1C(=O)N(Cc2cccnc2)C(=O)C12CCN(Cc1nc3ccccc3s1)CC2. The lowest BCUT2D eigenvalue weighted by Gasteiger charge is -2.42. The van der Waals surface area contributed by atoms with Crippen molar-refractivity contribution >= 4 is 33.5 Å². The highest BCUT2D eigenvalue weighted by atomic mass is 32.1. The van der Waals surface area contributed by atoms with Crippen molar-refractivity contribution < 1.29 is 9.59 Å². The van der Waals surface area contributed by atoms with Crippen LogP contribution in [-0.2, 0) is 17.9 Å². The van der Waals surface area contributed by atoms with Gasteiger partial charge in [-0.15, -0.1) is 11.3 Å². The molecule has 5 rings (SSSR count). The number of para-hydroxylation sites is 1. The summed E-state index contributed by atoms with van der Waals surface area (Å²) >= 11 is 1.73. The van der Waals surface area contributed by atoms with Crippen LogP contribution in [0, 0.1) is 5.92 Å². The van der Waals surface area contributed by atoms with E-state index in [2.05, 4.69) is 29.8 Å². The average Bonchev–Trinajstić information content (AvgIpc) is 3.33. The number of carbonyl (C=O) groups is 2. The van der Waals surface area contributed by atoms with E-state index in [1.807, 2.05) is 35.2 Å². The van der Waals surface area contributed by atoms with Gasteiger partial charge in [0.15, 0.2) is 0 Å². The third-order valence-corrected chi connectivity index (χ3v) is 8.02. The van der Waals surface area contributed by atoms with E-state index >= 15 is 0 Å². The zero-order valence-corrected chi connectivity index (χ0v) is 20.6. The molecule has 2 aromatic heterocycles. The minimum atomic E-state index is -0.738. The molecule has 2 fully saturated rings. The van der Waals surface area contributed by atoms with E-state index in [4.69, 9.17) is 4.98 Å². The van der Waals surface area contributed by atoms with Crippen molar-refractivity contribution in [3.8, 4) is 0 Å². The van der Waals surface area contributed by atoms with Gasteiger partial charge in [0.05, 0.1) is 23.3 Å². The largest absolute Gasteiger partial charge is 0.327 e. The van der Waals surface area contributed by atoms with Crippen LogP contribution in [0.2, 0.25) is 0 Å². The maximum Gasteiger partial charge on any atom is 0.327 e. The number of imide groups is 1. The normalized spacial score (nSPS) is 18.7. The van der Waals surface area contributed by atoms with Crippen LogP contribution in [0.25, 0.3) is 10.2 Å². The molecule has 2 aliphatic heterocycles. The van der Waals surface area contributed by atoms with Gasteiger partial charge in [-0.05, 0) is 48.9 Å². The first-order chi connectivity index (χ1) is 16.5. The highest BCUT2D eigenvalue weighted by molar-refractivity contribution is 7.18. The number of piperidine rings is 1. The summed E-state index contributed by atoms with van der Waals surface area (Å²) in [4.78, 5) is 41.8. The fourth-order valence-electron chi connectivity index (χ4n) is 5.04. The lowest BCUT2D eigenvalue weighted by atomic mass is 9.85. The lowest BCUT2D eigenvalue weighted by molar-refractivity contribution is -0.136. The van der Waals surface area contributed by atoms with Gasteiger partial charge in [-0.1, -0.05) is 32.0 Å². The van der Waals surface area contributed by atoms with Crippen molar-refractivity contribution in [3.63, 3.8) is 0 Å². The second kappa shape index (κ2) is 9.43. The molecule has 0 unspecified atom stereocenters. The third kappa shape index (κ3) is 4.32. The van der Waals surface area contributed by atoms with Gasteiger partial charge in [-0.25, -0.2) is 9.78 Å². The van der Waals surface area contributed by atoms with Gasteiger partial charge in [0.2, 0.25) is 0 Å². The highest BCUT2D eigenvalue weighted by Crippen LogP contribution is 2.39. The molecule has 2 saturated heterocycles. The van der Waals surface area contributed by atoms with Crippen LogP contribution in [0.5, 0.6) is 0 Å². The number of carbonyl (C=O) groups excluding carboxylic acids is 2. The van der Waals surface area contributed by atoms with Crippen molar-refractivity contribution in [3.05, 3.63) is 59.4 Å². The molecule has 1 spiro atoms. The van der Waals surface area contributed by atoms with Crippen molar-refractivity contribution in [1.29, 1.82) is 0 Å². The summed E-state index contributed by atoms with van der Waals surface area (Å²) in [6, 6.07) is 11.8. The van der Waals surface area contributed by atoms with Crippen LogP contribution in [0.1, 0.15) is 43.7 Å². The van der Waals surface area contributed by atoms with Crippen molar-refractivity contribution in [2.24, 2.45) is 5.92 Å². The third-order valence-electron chi connectivity index (χ3n) is 7.00. The van der Waals surface area contributed by atoms with Gasteiger partial charge in [0.25, 0.3) is 5.91 Å². The molecule has 0 N–H and O–H groups in total. The first kappa shape index (κ1) is 22.9. The Morgan fingerprint density at radius 1 is 1.06 bits per heavy atom. The summed E-state index contributed by atoms with van der Waals surface area (Å²) in [7, 11) is 0. The molecular weight excluding hydrogens is 446 g/mol. The molecule has 0 saturated carbocycles. The molecule has 0 radical (unpaired) electrons. The Morgan fingerprint density at radius 3 is 2.56 bits per heavy atom. The monoisotopic (exact) mass is 477 g/mol. The van der Waals surface area contributed by atoms with Crippen molar-refractivity contribution in [1.82, 2.24) is 24.7 Å². The Balaban J connectivity index is 1.33. The number of thiazole rings is 1. The Labute approximate surface area is 204 Å². The highest BCUT2D eigenvalue weighted by Gasteiger charge is 2.57. The summed E-state index contributed by atoms with van der Waals surface area (Å²) in [6.45, 7) is 7.53. The van der Waals surface area contributed by atoms with Gasteiger partial charge in [-0.2, -0.15) is 0 Å². The predicted molar refractivity (Wildman–Crippen MR) is 133 cm³/mol. The molecule has 3 amide bonds. The molecule has 34 heavy (non-hydrogen) atoms. The molecule has 0 bridgehead atoms. The van der Waals surface area contributed by atoms with Gasteiger partial charge in [0, 0.05) is 32.0 Å². The summed E-state index contributed by atoms with van der Waals surface area (Å²) in [5.74, 6) is 0.413. The second-order valence-corrected chi connectivity index (χ2v) is 10.9. The maximum atomic E-state index is 13.7. The summed E-state index contributed by atoms with van der Waals surface area (Å²) in [6.07, 6.45) is 5.63. The minimum Gasteiger partial charge on any atom is -0.309 e. The fourth-order valence-corrected chi connectivity index (χ4v) is 6.05. The van der Waals surface area contributed by atoms with Crippen LogP contribution >= 0.6 is 11.3 Å². The van der Waals surface area contributed by atoms with Crippen molar-refractivity contribution in [2.45, 2.75) is 51.7 Å². The lowest BCUT2D eigenvalue weighted by Crippen LogP contribution is -2.56. The summed E-state index contributed by atoms with van der Waals surface area (Å²) in [5, 5.41) is 1.10. The molecule has 7 nitrogen and oxygen atoms in total. The number of fused-ring (bicyclic) bond motifs is 1. The number of pyridine rings is 1. The number of urea groups is 1. The molecule has 1 aromatic carbocycles. The van der Waals surface area contributed by atoms with E-state index in [0.29, 0.717) is 25.3 Å². The number of likely N-dealkylation sites (tertiary alicyclic amines) is 1. The Kier molecular flexibility index (Phi) is 6.36. The molecular formula is C26H31N5O2S. The number of aromatic nitrogens is 2. The van der Waals surface area contributed by atoms with Crippen LogP contribution in [-0.4, -0.2) is 61.8 Å². The van der Waals surface area contributed by atoms with Gasteiger partial charge in [0.1, 0.15) is 10.5 Å². The van der Waals surface area contributed by atoms with E-state index in [1.165, 1.54) is 9.60 Å². The number of nitrogens with zero attached hydrogens (tertiary/aromatic N) is 5.